The molecule has 2 rings (SSSR count). The van der Waals surface area contributed by atoms with Crippen LogP contribution in [0.15, 0.2) is 12.7 Å². The second-order valence-electron chi connectivity index (χ2n) is 7.39. The highest BCUT2D eigenvalue weighted by atomic mass is 16.6. The fraction of sp³-hybridized carbons (Fsp3) is 0.765. The van der Waals surface area contributed by atoms with E-state index in [2.05, 4.69) is 11.9 Å². The number of likely N-dealkylation sites (tertiary alicyclic amines) is 1. The molecule has 0 aromatic rings. The van der Waals surface area contributed by atoms with Crippen LogP contribution in [0, 0.1) is 0 Å². The zero-order chi connectivity index (χ0) is 17.8. The minimum atomic E-state index is -0.489. The second kappa shape index (κ2) is 7.42. The molecule has 2 aliphatic rings. The lowest BCUT2D eigenvalue weighted by atomic mass is 9.87. The van der Waals surface area contributed by atoms with Crippen molar-refractivity contribution in [2.75, 3.05) is 26.3 Å². The van der Waals surface area contributed by atoms with Crippen LogP contribution in [0.3, 0.4) is 0 Å². The Hall–Kier alpha value is -1.76. The smallest absolute Gasteiger partial charge is 0.410 e. The van der Waals surface area contributed by atoms with Crippen LogP contribution in [0.1, 0.15) is 40.0 Å². The monoisotopic (exact) mass is 340 g/mol. The number of nitrogens with zero attached hydrogens (tertiary/aromatic N) is 1. The Labute approximate surface area is 143 Å². The summed E-state index contributed by atoms with van der Waals surface area (Å²) in [7, 11) is 0. The lowest BCUT2D eigenvalue weighted by molar-refractivity contribution is -0.0486. The third-order valence-electron chi connectivity index (χ3n) is 4.19. The van der Waals surface area contributed by atoms with E-state index in [1.54, 1.807) is 4.90 Å². The average Bonchev–Trinajstić information content (AvgIpc) is 2.86. The van der Waals surface area contributed by atoms with Crippen molar-refractivity contribution in [2.24, 2.45) is 0 Å². The van der Waals surface area contributed by atoms with Crippen molar-refractivity contribution in [1.82, 2.24) is 10.2 Å². The van der Waals surface area contributed by atoms with Crippen LogP contribution >= 0.6 is 0 Å². The van der Waals surface area contributed by atoms with Crippen molar-refractivity contribution < 1.29 is 23.8 Å². The summed E-state index contributed by atoms with van der Waals surface area (Å²) in [5.74, 6) is 0. The predicted molar refractivity (Wildman–Crippen MR) is 88.8 cm³/mol. The molecule has 0 aliphatic carbocycles. The normalized spacial score (nSPS) is 23.0. The third-order valence-corrected chi connectivity index (χ3v) is 4.19. The summed E-state index contributed by atoms with van der Waals surface area (Å²) in [5.41, 5.74) is -0.758. The first-order chi connectivity index (χ1) is 11.2. The minimum Gasteiger partial charge on any atom is -0.445 e. The zero-order valence-electron chi connectivity index (χ0n) is 14.8. The highest BCUT2D eigenvalue weighted by molar-refractivity contribution is 5.68. The number of rotatable bonds is 3. The van der Waals surface area contributed by atoms with Gasteiger partial charge in [0.25, 0.3) is 0 Å². The standard InChI is InChI=1S/C17H28N2O5/c1-5-10-22-14(20)18-13-11-17(23-12-13)6-8-19(9-7-17)15(21)24-16(2,3)4/h5,13H,1,6-12H2,2-4H3,(H,18,20)/t13-/m1/s1. The summed E-state index contributed by atoms with van der Waals surface area (Å²) in [6.07, 6.45) is 3.01. The van der Waals surface area contributed by atoms with Crippen molar-refractivity contribution in [3.05, 3.63) is 12.7 Å². The number of alkyl carbamates (subject to hydrolysis) is 1. The molecule has 7 heteroatoms. The molecular weight excluding hydrogens is 312 g/mol. The van der Waals surface area contributed by atoms with Gasteiger partial charge in [-0.25, -0.2) is 9.59 Å². The maximum absolute atomic E-state index is 12.1. The van der Waals surface area contributed by atoms with Gasteiger partial charge in [-0.2, -0.15) is 0 Å². The zero-order valence-corrected chi connectivity index (χ0v) is 14.8. The molecule has 2 amide bonds. The van der Waals surface area contributed by atoms with Crippen molar-refractivity contribution in [2.45, 2.75) is 57.3 Å². The van der Waals surface area contributed by atoms with E-state index in [4.69, 9.17) is 14.2 Å². The number of carbonyl (C=O) groups excluding carboxylic acids is 2. The van der Waals surface area contributed by atoms with Gasteiger partial charge in [0.15, 0.2) is 0 Å². The highest BCUT2D eigenvalue weighted by Gasteiger charge is 2.44. The quantitative estimate of drug-likeness (QED) is 0.799. The highest BCUT2D eigenvalue weighted by Crippen LogP contribution is 2.36. The minimum absolute atomic E-state index is 0.0598. The Morgan fingerprint density at radius 3 is 2.62 bits per heavy atom. The predicted octanol–water partition coefficient (Wildman–Crippen LogP) is 2.46. The van der Waals surface area contributed by atoms with Crippen LogP contribution in [0.4, 0.5) is 9.59 Å². The average molecular weight is 340 g/mol. The van der Waals surface area contributed by atoms with Gasteiger partial charge < -0.3 is 24.4 Å². The van der Waals surface area contributed by atoms with Crippen LogP contribution in [0.2, 0.25) is 0 Å². The third kappa shape index (κ3) is 5.12. The van der Waals surface area contributed by atoms with Gasteiger partial charge in [0.2, 0.25) is 0 Å². The fourth-order valence-corrected chi connectivity index (χ4v) is 3.05. The molecule has 24 heavy (non-hydrogen) atoms. The summed E-state index contributed by atoms with van der Waals surface area (Å²) in [5, 5.41) is 2.81. The lowest BCUT2D eigenvalue weighted by Gasteiger charge is -2.39. The largest absolute Gasteiger partial charge is 0.445 e. The lowest BCUT2D eigenvalue weighted by Crippen LogP contribution is -2.48. The van der Waals surface area contributed by atoms with Crippen LogP contribution in [-0.4, -0.2) is 60.6 Å². The Kier molecular flexibility index (Phi) is 5.74. The Balaban J connectivity index is 1.78. The van der Waals surface area contributed by atoms with Gasteiger partial charge in [-0.1, -0.05) is 12.7 Å². The van der Waals surface area contributed by atoms with Gasteiger partial charge in [-0.3, -0.25) is 0 Å². The van der Waals surface area contributed by atoms with Gasteiger partial charge >= 0.3 is 12.2 Å². The molecule has 0 aromatic carbocycles. The topological polar surface area (TPSA) is 77.1 Å². The van der Waals surface area contributed by atoms with Gasteiger partial charge in [0.1, 0.15) is 12.2 Å². The number of amides is 2. The molecule has 7 nitrogen and oxygen atoms in total. The summed E-state index contributed by atoms with van der Waals surface area (Å²) in [6, 6.07) is -0.0598. The molecule has 0 saturated carbocycles. The maximum atomic E-state index is 12.1. The van der Waals surface area contributed by atoms with E-state index >= 15 is 0 Å². The number of carbonyl (C=O) groups is 2. The Bertz CT molecular complexity index is 478. The van der Waals surface area contributed by atoms with Crippen LogP contribution in [0.25, 0.3) is 0 Å². The number of piperidine rings is 1. The molecule has 2 saturated heterocycles. The van der Waals surface area contributed by atoms with Crippen LogP contribution in [-0.2, 0) is 14.2 Å². The Morgan fingerprint density at radius 1 is 1.38 bits per heavy atom. The molecular formula is C17H28N2O5. The van der Waals surface area contributed by atoms with E-state index in [0.717, 1.165) is 19.3 Å². The second-order valence-corrected chi connectivity index (χ2v) is 7.39. The Morgan fingerprint density at radius 2 is 2.04 bits per heavy atom. The van der Waals surface area contributed by atoms with Crippen molar-refractivity contribution in [1.29, 1.82) is 0 Å². The van der Waals surface area contributed by atoms with Crippen molar-refractivity contribution in [3.63, 3.8) is 0 Å². The molecule has 0 radical (unpaired) electrons. The van der Waals surface area contributed by atoms with Gasteiger partial charge in [0.05, 0.1) is 18.2 Å². The number of ether oxygens (including phenoxy) is 3. The van der Waals surface area contributed by atoms with Crippen molar-refractivity contribution in [3.8, 4) is 0 Å². The number of hydrogen-bond acceptors (Lipinski definition) is 5. The van der Waals surface area contributed by atoms with E-state index in [1.165, 1.54) is 6.08 Å². The summed E-state index contributed by atoms with van der Waals surface area (Å²) in [4.78, 5) is 25.4. The van der Waals surface area contributed by atoms with E-state index < -0.39 is 11.7 Å². The van der Waals surface area contributed by atoms with E-state index in [-0.39, 0.29) is 24.3 Å². The number of nitrogens with one attached hydrogen (secondary N) is 1. The van der Waals surface area contributed by atoms with Gasteiger partial charge in [-0.15, -0.1) is 0 Å². The molecule has 2 heterocycles. The molecule has 0 bridgehead atoms. The van der Waals surface area contributed by atoms with Crippen molar-refractivity contribution >= 4 is 12.2 Å². The van der Waals surface area contributed by atoms with Crippen LogP contribution in [0.5, 0.6) is 0 Å². The summed E-state index contributed by atoms with van der Waals surface area (Å²) < 4.78 is 16.3. The molecule has 0 unspecified atom stereocenters. The fourth-order valence-electron chi connectivity index (χ4n) is 3.05. The summed E-state index contributed by atoms with van der Waals surface area (Å²) >= 11 is 0. The van der Waals surface area contributed by atoms with Gasteiger partial charge in [0, 0.05) is 13.1 Å². The first-order valence-corrected chi connectivity index (χ1v) is 8.39. The maximum Gasteiger partial charge on any atom is 0.410 e. The molecule has 0 aromatic heterocycles. The molecule has 2 aliphatic heterocycles. The molecule has 1 atom stereocenters. The molecule has 2 fully saturated rings. The molecule has 1 spiro atoms. The van der Waals surface area contributed by atoms with E-state index in [0.29, 0.717) is 19.7 Å². The first-order valence-electron chi connectivity index (χ1n) is 8.39. The molecule has 136 valence electrons. The van der Waals surface area contributed by atoms with E-state index in [1.807, 2.05) is 20.8 Å². The van der Waals surface area contributed by atoms with Crippen LogP contribution < -0.4 is 5.32 Å². The summed E-state index contributed by atoms with van der Waals surface area (Å²) in [6.45, 7) is 10.9. The van der Waals surface area contributed by atoms with Gasteiger partial charge in [-0.05, 0) is 40.0 Å². The number of hydrogen-bond donors (Lipinski definition) is 1. The SMILES string of the molecule is C=CCOC(=O)N[C@H]1COC2(CCN(C(=O)OC(C)(C)C)CC2)C1. The first kappa shape index (κ1) is 18.6. The molecule has 1 N–H and O–H groups in total. The van der Waals surface area contributed by atoms with E-state index in [9.17, 15) is 9.59 Å².